The van der Waals surface area contributed by atoms with Crippen molar-refractivity contribution in [3.8, 4) is 0 Å². The summed E-state index contributed by atoms with van der Waals surface area (Å²) in [5, 5.41) is 0. The first-order chi connectivity index (χ1) is 7.83. The molecule has 0 radical (unpaired) electrons. The van der Waals surface area contributed by atoms with Crippen molar-refractivity contribution >= 4 is 6.09 Å². The number of carbonyl (C=O) groups is 1. The smallest absolute Gasteiger partial charge is 0.410 e. The Morgan fingerprint density at radius 3 is 2.22 bits per heavy atom. The number of halogens is 3. The second-order valence-electron chi connectivity index (χ2n) is 5.96. The molecule has 0 aromatic carbocycles. The first-order valence-electron chi connectivity index (χ1n) is 5.66. The van der Waals surface area contributed by atoms with Crippen LogP contribution in [-0.2, 0) is 4.74 Å². The molecule has 1 aliphatic heterocycles. The summed E-state index contributed by atoms with van der Waals surface area (Å²) in [6, 6.07) is 0. The van der Waals surface area contributed by atoms with Crippen molar-refractivity contribution in [3.63, 3.8) is 0 Å². The maximum absolute atomic E-state index is 12.8. The van der Waals surface area contributed by atoms with Gasteiger partial charge < -0.3 is 15.4 Å². The van der Waals surface area contributed by atoms with Crippen molar-refractivity contribution in [1.29, 1.82) is 0 Å². The number of nitrogens with zero attached hydrogens (tertiary/aromatic N) is 1. The Kier molecular flexibility index (Phi) is 3.60. The molecule has 0 aliphatic carbocycles. The minimum Gasteiger partial charge on any atom is -0.444 e. The van der Waals surface area contributed by atoms with Crippen LogP contribution < -0.4 is 5.73 Å². The monoisotopic (exact) mass is 268 g/mol. The normalized spacial score (nSPS) is 29.6. The lowest BCUT2D eigenvalue weighted by Crippen LogP contribution is -2.50. The minimum atomic E-state index is -4.42. The zero-order valence-corrected chi connectivity index (χ0v) is 11.0. The largest absolute Gasteiger partial charge is 0.444 e. The molecule has 1 rings (SSSR count). The van der Waals surface area contributed by atoms with Crippen molar-refractivity contribution < 1.29 is 22.7 Å². The quantitative estimate of drug-likeness (QED) is 0.732. The van der Waals surface area contributed by atoms with Crippen LogP contribution in [0.25, 0.3) is 0 Å². The summed E-state index contributed by atoms with van der Waals surface area (Å²) >= 11 is 0. The third kappa shape index (κ3) is 3.51. The molecule has 18 heavy (non-hydrogen) atoms. The van der Waals surface area contributed by atoms with E-state index < -0.39 is 35.9 Å². The second kappa shape index (κ2) is 4.29. The molecule has 0 aromatic rings. The van der Waals surface area contributed by atoms with E-state index in [0.29, 0.717) is 0 Å². The maximum atomic E-state index is 12.8. The highest BCUT2D eigenvalue weighted by atomic mass is 19.4. The zero-order chi connectivity index (χ0) is 14.4. The van der Waals surface area contributed by atoms with E-state index in [1.807, 2.05) is 0 Å². The number of carbonyl (C=O) groups excluding carboxylic acids is 1. The fourth-order valence-corrected chi connectivity index (χ4v) is 1.96. The summed E-state index contributed by atoms with van der Waals surface area (Å²) in [4.78, 5) is 12.7. The first kappa shape index (κ1) is 15.1. The van der Waals surface area contributed by atoms with Crippen molar-refractivity contribution in [2.75, 3.05) is 13.1 Å². The van der Waals surface area contributed by atoms with E-state index in [4.69, 9.17) is 10.5 Å². The van der Waals surface area contributed by atoms with E-state index in [1.165, 1.54) is 6.92 Å². The Labute approximate surface area is 104 Å². The van der Waals surface area contributed by atoms with Crippen LogP contribution in [0.3, 0.4) is 0 Å². The predicted octanol–water partition coefficient (Wildman–Crippen LogP) is 2.13. The van der Waals surface area contributed by atoms with Gasteiger partial charge in [-0.05, 0) is 27.7 Å². The van der Waals surface area contributed by atoms with Gasteiger partial charge in [0.2, 0.25) is 0 Å². The van der Waals surface area contributed by atoms with Crippen LogP contribution in [0.4, 0.5) is 18.0 Å². The van der Waals surface area contributed by atoms with E-state index in [0.717, 1.165) is 4.90 Å². The van der Waals surface area contributed by atoms with Crippen LogP contribution >= 0.6 is 0 Å². The third-order valence-electron chi connectivity index (χ3n) is 2.78. The summed E-state index contributed by atoms with van der Waals surface area (Å²) in [7, 11) is 0. The van der Waals surface area contributed by atoms with Gasteiger partial charge in [0.25, 0.3) is 0 Å². The first-order valence-corrected chi connectivity index (χ1v) is 5.66. The van der Waals surface area contributed by atoms with Gasteiger partial charge in [0.1, 0.15) is 5.60 Å². The Morgan fingerprint density at radius 2 is 1.89 bits per heavy atom. The molecule has 0 unspecified atom stereocenters. The number of hydrogen-bond acceptors (Lipinski definition) is 3. The summed E-state index contributed by atoms with van der Waals surface area (Å²) < 4.78 is 43.4. The van der Waals surface area contributed by atoms with Gasteiger partial charge in [0.05, 0.1) is 5.92 Å². The van der Waals surface area contributed by atoms with Crippen LogP contribution in [0.1, 0.15) is 27.7 Å². The average molecular weight is 268 g/mol. The molecule has 0 saturated carbocycles. The van der Waals surface area contributed by atoms with Crippen molar-refractivity contribution in [2.45, 2.75) is 45.0 Å². The van der Waals surface area contributed by atoms with E-state index in [-0.39, 0.29) is 6.54 Å². The van der Waals surface area contributed by atoms with Gasteiger partial charge in [-0.1, -0.05) is 0 Å². The Bertz CT molecular complexity index is 334. The van der Waals surface area contributed by atoms with Crippen molar-refractivity contribution in [3.05, 3.63) is 0 Å². The summed E-state index contributed by atoms with van der Waals surface area (Å²) in [6.45, 7) is 5.66. The number of rotatable bonds is 0. The van der Waals surface area contributed by atoms with Gasteiger partial charge in [-0.15, -0.1) is 0 Å². The number of alkyl halides is 3. The highest BCUT2D eigenvalue weighted by molar-refractivity contribution is 5.68. The predicted molar refractivity (Wildman–Crippen MR) is 59.9 cm³/mol. The van der Waals surface area contributed by atoms with Gasteiger partial charge in [-0.2, -0.15) is 13.2 Å². The maximum Gasteiger partial charge on any atom is 0.410 e. The molecule has 106 valence electrons. The molecular formula is C11H19F3N2O2. The molecule has 0 bridgehead atoms. The highest BCUT2D eigenvalue weighted by Gasteiger charge is 2.56. The van der Waals surface area contributed by atoms with Crippen molar-refractivity contribution in [2.24, 2.45) is 11.7 Å². The molecule has 2 N–H and O–H groups in total. The van der Waals surface area contributed by atoms with E-state index in [9.17, 15) is 18.0 Å². The van der Waals surface area contributed by atoms with Gasteiger partial charge >= 0.3 is 12.3 Å². The van der Waals surface area contributed by atoms with Crippen LogP contribution in [0.5, 0.6) is 0 Å². The van der Waals surface area contributed by atoms with Crippen LogP contribution in [-0.4, -0.2) is 41.4 Å². The SMILES string of the molecule is CC(C)(C)OC(=O)N1C[C@@H](C(F)(F)F)[C@@](C)(N)C1. The summed E-state index contributed by atoms with van der Waals surface area (Å²) in [5.41, 5.74) is 3.42. The van der Waals surface area contributed by atoms with Crippen LogP contribution in [0.15, 0.2) is 0 Å². The van der Waals surface area contributed by atoms with Crippen LogP contribution in [0, 0.1) is 5.92 Å². The topological polar surface area (TPSA) is 55.6 Å². The Balaban J connectivity index is 2.77. The number of ether oxygens (including phenoxy) is 1. The Morgan fingerprint density at radius 1 is 1.39 bits per heavy atom. The molecule has 1 amide bonds. The van der Waals surface area contributed by atoms with E-state index in [2.05, 4.69) is 0 Å². The molecule has 1 saturated heterocycles. The van der Waals surface area contributed by atoms with Gasteiger partial charge in [-0.3, -0.25) is 0 Å². The molecule has 0 spiro atoms. The van der Waals surface area contributed by atoms with Crippen LogP contribution in [0.2, 0.25) is 0 Å². The number of hydrogen-bond donors (Lipinski definition) is 1. The zero-order valence-electron chi connectivity index (χ0n) is 11.0. The summed E-state index contributed by atoms with van der Waals surface area (Å²) in [5.74, 6) is -1.72. The number of nitrogens with two attached hydrogens (primary N) is 1. The molecule has 1 heterocycles. The highest BCUT2D eigenvalue weighted by Crippen LogP contribution is 2.38. The molecule has 1 aliphatic rings. The second-order valence-corrected chi connectivity index (χ2v) is 5.96. The van der Waals surface area contributed by atoms with Gasteiger partial charge in [0.15, 0.2) is 0 Å². The fraction of sp³-hybridized carbons (Fsp3) is 0.909. The van der Waals surface area contributed by atoms with E-state index in [1.54, 1.807) is 20.8 Å². The molecule has 2 atom stereocenters. The van der Waals surface area contributed by atoms with Gasteiger partial charge in [-0.25, -0.2) is 4.79 Å². The summed E-state index contributed by atoms with van der Waals surface area (Å²) in [6.07, 6.45) is -5.17. The molecule has 4 nitrogen and oxygen atoms in total. The lowest BCUT2D eigenvalue weighted by Gasteiger charge is -2.27. The standard InChI is InChI=1S/C11H19F3N2O2/c1-9(2,3)18-8(17)16-5-7(11(12,13)14)10(4,15)6-16/h7H,5-6,15H2,1-4H3/t7-,10+/m1/s1. The molecule has 0 aromatic heterocycles. The third-order valence-corrected chi connectivity index (χ3v) is 2.78. The Hall–Kier alpha value is -0.980. The average Bonchev–Trinajstić information content (AvgIpc) is 2.37. The molecular weight excluding hydrogens is 249 g/mol. The van der Waals surface area contributed by atoms with Crippen molar-refractivity contribution in [1.82, 2.24) is 4.90 Å². The minimum absolute atomic E-state index is 0.161. The fourth-order valence-electron chi connectivity index (χ4n) is 1.96. The molecule has 7 heteroatoms. The molecule has 1 fully saturated rings. The van der Waals surface area contributed by atoms with E-state index >= 15 is 0 Å². The lowest BCUT2D eigenvalue weighted by atomic mass is 9.90. The number of likely N-dealkylation sites (tertiary alicyclic amines) is 1. The van der Waals surface area contributed by atoms with Gasteiger partial charge in [0, 0.05) is 18.6 Å². The lowest BCUT2D eigenvalue weighted by molar-refractivity contribution is -0.181. The number of amides is 1.